The van der Waals surface area contributed by atoms with Gasteiger partial charge >= 0.3 is 0 Å². The zero-order valence-electron chi connectivity index (χ0n) is 16.0. The highest BCUT2D eigenvalue weighted by Gasteiger charge is 2.59. The van der Waals surface area contributed by atoms with Gasteiger partial charge < -0.3 is 0 Å². The number of hydrogen-bond acceptors (Lipinski definition) is 1. The van der Waals surface area contributed by atoms with Crippen LogP contribution in [0.25, 0.3) is 0 Å². The third-order valence-corrected chi connectivity index (χ3v) is 8.33. The van der Waals surface area contributed by atoms with E-state index in [-0.39, 0.29) is 0 Å². The molecule has 0 aromatic rings. The normalized spacial score (nSPS) is 48.4. The molecule has 0 heterocycles. The van der Waals surface area contributed by atoms with E-state index in [1.807, 2.05) is 13.8 Å². The van der Waals surface area contributed by atoms with Gasteiger partial charge in [-0.15, -0.1) is 0 Å². The van der Waals surface area contributed by atoms with E-state index in [0.717, 1.165) is 18.3 Å². The molecule has 3 fully saturated rings. The summed E-state index contributed by atoms with van der Waals surface area (Å²) in [6.45, 7) is 11.3. The number of carbonyl (C=O) groups excluding carboxylic acids is 1. The summed E-state index contributed by atoms with van der Waals surface area (Å²) in [5, 5.41) is 0. The first-order valence-corrected chi connectivity index (χ1v) is 10.2. The van der Waals surface area contributed by atoms with Crippen LogP contribution in [0.15, 0.2) is 11.6 Å². The van der Waals surface area contributed by atoms with Crippen LogP contribution < -0.4 is 0 Å². The van der Waals surface area contributed by atoms with Gasteiger partial charge in [0.05, 0.1) is 0 Å². The topological polar surface area (TPSA) is 17.1 Å². The van der Waals surface area contributed by atoms with Crippen molar-refractivity contribution in [2.24, 2.45) is 34.5 Å². The average molecular weight is 317 g/mol. The van der Waals surface area contributed by atoms with Crippen molar-refractivity contribution in [2.45, 2.75) is 86.0 Å². The molecule has 3 saturated carbocycles. The van der Waals surface area contributed by atoms with Gasteiger partial charge in [0.1, 0.15) is 5.78 Å². The molecule has 1 nitrogen and oxygen atoms in total. The third-order valence-electron chi connectivity index (χ3n) is 8.33. The Morgan fingerprint density at radius 2 is 1.78 bits per heavy atom. The summed E-state index contributed by atoms with van der Waals surface area (Å²) in [6, 6.07) is 0. The van der Waals surface area contributed by atoms with Crippen LogP contribution in [0.4, 0.5) is 0 Å². The number of carbonyl (C=O) groups is 1. The zero-order valence-corrected chi connectivity index (χ0v) is 16.0. The van der Waals surface area contributed by atoms with Crippen molar-refractivity contribution in [1.29, 1.82) is 0 Å². The Labute approximate surface area is 143 Å². The predicted octanol–water partition coefficient (Wildman–Crippen LogP) is 6.18. The van der Waals surface area contributed by atoms with Crippen LogP contribution in [0.3, 0.4) is 0 Å². The highest BCUT2D eigenvalue weighted by atomic mass is 16.1. The second-order valence-corrected chi connectivity index (χ2v) is 8.93. The van der Waals surface area contributed by atoms with Gasteiger partial charge in [-0.3, -0.25) is 4.79 Å². The Bertz CT molecular complexity index is 504. The molecule has 0 spiro atoms. The van der Waals surface area contributed by atoms with Crippen LogP contribution in [0.2, 0.25) is 0 Å². The van der Waals surface area contributed by atoms with E-state index in [4.69, 9.17) is 0 Å². The maximum atomic E-state index is 12.8. The fourth-order valence-corrected chi connectivity index (χ4v) is 6.88. The van der Waals surface area contributed by atoms with Crippen LogP contribution in [-0.4, -0.2) is 5.78 Å². The molecule has 0 saturated heterocycles. The number of ketones is 1. The fourth-order valence-electron chi connectivity index (χ4n) is 6.88. The largest absolute Gasteiger partial charge is 0.299 e. The molecule has 0 amide bonds. The fraction of sp³-hybridized carbons (Fsp3) is 0.864. The average Bonchev–Trinajstić information content (AvgIpc) is 2.85. The standard InChI is InChI=1S/C20H30O.C2H6/c1-13-7-8-15-14-12-18(21)17-6-4-5-10-20(17,3)16(14)9-11-19(13,15)2;1-2/h7,14-17H,4-6,8-12H2,1-3H3;1-2H3. The Balaban J connectivity index is 0.000000753. The first-order valence-electron chi connectivity index (χ1n) is 10.2. The second-order valence-electron chi connectivity index (χ2n) is 8.93. The van der Waals surface area contributed by atoms with Crippen molar-refractivity contribution in [3.63, 3.8) is 0 Å². The minimum Gasteiger partial charge on any atom is -0.299 e. The summed E-state index contributed by atoms with van der Waals surface area (Å²) >= 11 is 0. The zero-order chi connectivity index (χ0) is 16.8. The molecule has 0 aromatic carbocycles. The van der Waals surface area contributed by atoms with E-state index in [0.29, 0.717) is 28.4 Å². The molecule has 0 radical (unpaired) electrons. The quantitative estimate of drug-likeness (QED) is 0.488. The first-order chi connectivity index (χ1) is 11.0. The SMILES string of the molecule is CC.CC1=CCC2C3CC(=O)C4CCCCC4(C)C3CCC12C. The Morgan fingerprint density at radius 3 is 2.52 bits per heavy atom. The minimum absolute atomic E-state index is 0.329. The lowest BCUT2D eigenvalue weighted by atomic mass is 9.44. The Morgan fingerprint density at radius 1 is 1.04 bits per heavy atom. The second kappa shape index (κ2) is 6.05. The van der Waals surface area contributed by atoms with Crippen molar-refractivity contribution < 1.29 is 4.79 Å². The van der Waals surface area contributed by atoms with Gasteiger partial charge in [-0.1, -0.05) is 52.2 Å². The van der Waals surface area contributed by atoms with E-state index in [2.05, 4.69) is 26.8 Å². The molecule has 0 aliphatic heterocycles. The molecule has 6 unspecified atom stereocenters. The third kappa shape index (κ3) is 2.36. The smallest absolute Gasteiger partial charge is 0.136 e. The van der Waals surface area contributed by atoms with Crippen molar-refractivity contribution >= 4 is 5.78 Å². The summed E-state index contributed by atoms with van der Waals surface area (Å²) in [6.07, 6.45) is 12.4. The first kappa shape index (κ1) is 17.2. The van der Waals surface area contributed by atoms with E-state index < -0.39 is 0 Å². The van der Waals surface area contributed by atoms with Gasteiger partial charge in [-0.05, 0) is 67.6 Å². The molecule has 23 heavy (non-hydrogen) atoms. The number of allylic oxidation sites excluding steroid dienone is 2. The molecule has 0 bridgehead atoms. The van der Waals surface area contributed by atoms with Crippen molar-refractivity contribution in [3.05, 3.63) is 11.6 Å². The molecule has 4 aliphatic carbocycles. The summed E-state index contributed by atoms with van der Waals surface area (Å²) in [5.74, 6) is 3.25. The molecule has 4 rings (SSSR count). The van der Waals surface area contributed by atoms with Crippen LogP contribution in [0.5, 0.6) is 0 Å². The molecule has 130 valence electrons. The molecule has 4 aliphatic rings. The van der Waals surface area contributed by atoms with Crippen LogP contribution >= 0.6 is 0 Å². The van der Waals surface area contributed by atoms with Crippen LogP contribution in [0.1, 0.15) is 86.0 Å². The highest BCUT2D eigenvalue weighted by molar-refractivity contribution is 5.83. The summed E-state index contributed by atoms with van der Waals surface area (Å²) < 4.78 is 0. The molecular weight excluding hydrogens is 280 g/mol. The minimum atomic E-state index is 0.329. The van der Waals surface area contributed by atoms with E-state index in [1.165, 1.54) is 44.9 Å². The summed E-state index contributed by atoms with van der Waals surface area (Å²) in [7, 11) is 0. The van der Waals surface area contributed by atoms with Gasteiger partial charge in [-0.2, -0.15) is 0 Å². The lowest BCUT2D eigenvalue weighted by Gasteiger charge is -2.59. The van der Waals surface area contributed by atoms with E-state index >= 15 is 0 Å². The van der Waals surface area contributed by atoms with Crippen molar-refractivity contribution in [2.75, 3.05) is 0 Å². The Kier molecular flexibility index (Phi) is 4.53. The number of fused-ring (bicyclic) bond motifs is 5. The van der Waals surface area contributed by atoms with Gasteiger partial charge in [0, 0.05) is 12.3 Å². The van der Waals surface area contributed by atoms with Crippen LogP contribution in [-0.2, 0) is 4.79 Å². The van der Waals surface area contributed by atoms with Crippen LogP contribution in [0, 0.1) is 34.5 Å². The van der Waals surface area contributed by atoms with Crippen molar-refractivity contribution in [3.8, 4) is 0 Å². The maximum Gasteiger partial charge on any atom is 0.136 e. The van der Waals surface area contributed by atoms with Gasteiger partial charge in [0.15, 0.2) is 0 Å². The molecule has 6 atom stereocenters. The van der Waals surface area contributed by atoms with E-state index in [1.54, 1.807) is 5.57 Å². The highest BCUT2D eigenvalue weighted by Crippen LogP contribution is 2.65. The van der Waals surface area contributed by atoms with Gasteiger partial charge in [0.2, 0.25) is 0 Å². The number of hydrogen-bond donors (Lipinski definition) is 0. The monoisotopic (exact) mass is 316 g/mol. The number of rotatable bonds is 0. The van der Waals surface area contributed by atoms with Crippen molar-refractivity contribution in [1.82, 2.24) is 0 Å². The molecule has 0 aromatic heterocycles. The maximum absolute atomic E-state index is 12.8. The Hall–Kier alpha value is -0.590. The summed E-state index contributed by atoms with van der Waals surface area (Å²) in [5.41, 5.74) is 2.34. The summed E-state index contributed by atoms with van der Waals surface area (Å²) in [4.78, 5) is 12.8. The molecule has 0 N–H and O–H groups in total. The van der Waals surface area contributed by atoms with Gasteiger partial charge in [-0.25, -0.2) is 0 Å². The molecular formula is C22H36O. The van der Waals surface area contributed by atoms with E-state index in [9.17, 15) is 4.79 Å². The van der Waals surface area contributed by atoms with Gasteiger partial charge in [0.25, 0.3) is 0 Å². The number of Topliss-reactive ketones (excluding diaryl/α,β-unsaturated/α-hetero) is 1. The lowest BCUT2D eigenvalue weighted by Crippen LogP contribution is -2.55. The molecule has 1 heteroatoms. The predicted molar refractivity (Wildman–Crippen MR) is 97.2 cm³/mol. The lowest BCUT2D eigenvalue weighted by molar-refractivity contribution is -0.151.